The van der Waals surface area contributed by atoms with Crippen LogP contribution in [-0.4, -0.2) is 16.7 Å². The number of allylic oxidation sites excluding steroid dienone is 1. The molecule has 3 nitrogen and oxygen atoms in total. The molecule has 4 aromatic rings. The lowest BCUT2D eigenvalue weighted by Gasteiger charge is -2.42. The highest BCUT2D eigenvalue weighted by Gasteiger charge is 2.47. The summed E-state index contributed by atoms with van der Waals surface area (Å²) in [5, 5.41) is 1.13. The van der Waals surface area contributed by atoms with Gasteiger partial charge in [0.05, 0.1) is 18.3 Å². The van der Waals surface area contributed by atoms with Crippen LogP contribution in [0.4, 0.5) is 0 Å². The van der Waals surface area contributed by atoms with Gasteiger partial charge in [0, 0.05) is 17.0 Å². The van der Waals surface area contributed by atoms with Gasteiger partial charge in [0.2, 0.25) is 0 Å². The van der Waals surface area contributed by atoms with Crippen molar-refractivity contribution in [3.05, 3.63) is 89.7 Å². The van der Waals surface area contributed by atoms with Gasteiger partial charge in [0.1, 0.15) is 11.6 Å². The third-order valence-electron chi connectivity index (χ3n) is 6.68. The zero-order chi connectivity index (χ0) is 19.4. The molecule has 2 aromatic carbocycles. The van der Waals surface area contributed by atoms with E-state index in [1.807, 2.05) is 18.3 Å². The zero-order valence-electron chi connectivity index (χ0n) is 16.4. The summed E-state index contributed by atoms with van der Waals surface area (Å²) in [6.45, 7) is 0. The summed E-state index contributed by atoms with van der Waals surface area (Å²) in [5.74, 6) is 1.84. The molecule has 142 valence electrons. The van der Waals surface area contributed by atoms with E-state index in [4.69, 9.17) is 9.72 Å². The van der Waals surface area contributed by atoms with Crippen molar-refractivity contribution in [1.82, 2.24) is 9.55 Å². The number of fused-ring (bicyclic) bond motifs is 3. The van der Waals surface area contributed by atoms with Crippen molar-refractivity contribution < 1.29 is 4.74 Å². The van der Waals surface area contributed by atoms with Crippen molar-refractivity contribution in [2.24, 2.45) is 0 Å². The monoisotopic (exact) mass is 378 g/mol. The first kappa shape index (κ1) is 16.6. The van der Waals surface area contributed by atoms with E-state index in [0.717, 1.165) is 22.5 Å². The Morgan fingerprint density at radius 3 is 2.59 bits per heavy atom. The average molecular weight is 378 g/mol. The lowest BCUT2D eigenvalue weighted by Crippen LogP contribution is -2.34. The number of ether oxygens (including phenoxy) is 1. The van der Waals surface area contributed by atoms with E-state index in [1.165, 1.54) is 41.7 Å². The third kappa shape index (κ3) is 2.21. The van der Waals surface area contributed by atoms with E-state index in [1.54, 1.807) is 7.11 Å². The predicted molar refractivity (Wildman–Crippen MR) is 117 cm³/mol. The fourth-order valence-corrected chi connectivity index (χ4v) is 5.20. The van der Waals surface area contributed by atoms with Crippen LogP contribution in [0.15, 0.2) is 72.9 Å². The molecule has 3 heteroatoms. The van der Waals surface area contributed by atoms with Crippen LogP contribution >= 0.6 is 0 Å². The molecule has 6 rings (SSSR count). The number of rotatable bonds is 3. The second-order valence-corrected chi connectivity index (χ2v) is 8.03. The second kappa shape index (κ2) is 6.08. The van der Waals surface area contributed by atoms with E-state index >= 15 is 0 Å². The topological polar surface area (TPSA) is 27.1 Å². The highest BCUT2D eigenvalue weighted by molar-refractivity contribution is 6.00. The molecule has 0 N–H and O–H groups in total. The number of hydrogen-bond donors (Lipinski definition) is 0. The molecule has 2 aliphatic rings. The molecule has 2 aliphatic carbocycles. The lowest BCUT2D eigenvalue weighted by molar-refractivity contribution is 0.331. The molecule has 0 radical (unpaired) electrons. The van der Waals surface area contributed by atoms with Crippen molar-refractivity contribution in [3.8, 4) is 11.6 Å². The molecular formula is C26H22N2O. The highest BCUT2D eigenvalue weighted by atomic mass is 16.5. The standard InChI is InChI=1S/C26H22N2O/c1-29-24-11-6-10-22-19(24)17-23(28(22)25-12-4-5-15-27-25)21-16-18-8-2-3-9-20(18)26(21)13-7-14-26/h2-6,8-12,15-17H,7,13-14H2,1H3. The quantitative estimate of drug-likeness (QED) is 0.436. The number of benzene rings is 2. The SMILES string of the molecule is COc1cccc2c1cc(C1=Cc3ccccc3C13CCC3)n2-c1ccccn1. The summed E-state index contributed by atoms with van der Waals surface area (Å²) in [6, 6.07) is 23.5. The van der Waals surface area contributed by atoms with Crippen LogP contribution in [0.25, 0.3) is 28.4 Å². The Hall–Kier alpha value is -3.33. The van der Waals surface area contributed by atoms with E-state index < -0.39 is 0 Å². The van der Waals surface area contributed by atoms with Gasteiger partial charge in [0.15, 0.2) is 0 Å². The van der Waals surface area contributed by atoms with Crippen LogP contribution in [0.5, 0.6) is 5.75 Å². The first-order valence-electron chi connectivity index (χ1n) is 10.2. The molecule has 0 amide bonds. The van der Waals surface area contributed by atoms with Gasteiger partial charge in [-0.3, -0.25) is 4.57 Å². The summed E-state index contributed by atoms with van der Waals surface area (Å²) in [5.41, 5.74) is 6.72. The van der Waals surface area contributed by atoms with Crippen LogP contribution in [0.3, 0.4) is 0 Å². The van der Waals surface area contributed by atoms with E-state index in [0.29, 0.717) is 0 Å². The highest BCUT2D eigenvalue weighted by Crippen LogP contribution is 2.58. The van der Waals surface area contributed by atoms with Crippen molar-refractivity contribution in [2.75, 3.05) is 7.11 Å². The number of nitrogens with zero attached hydrogens (tertiary/aromatic N) is 2. The second-order valence-electron chi connectivity index (χ2n) is 8.03. The molecular weight excluding hydrogens is 356 g/mol. The van der Waals surface area contributed by atoms with Gasteiger partial charge in [-0.2, -0.15) is 0 Å². The molecule has 2 heterocycles. The number of aromatic nitrogens is 2. The molecule has 2 aromatic heterocycles. The minimum atomic E-state index is 0.130. The zero-order valence-corrected chi connectivity index (χ0v) is 16.4. The number of pyridine rings is 1. The Labute approximate surface area is 170 Å². The van der Waals surface area contributed by atoms with Gasteiger partial charge in [-0.1, -0.05) is 42.8 Å². The summed E-state index contributed by atoms with van der Waals surface area (Å²) in [7, 11) is 1.74. The smallest absolute Gasteiger partial charge is 0.137 e. The van der Waals surface area contributed by atoms with Crippen molar-refractivity contribution in [2.45, 2.75) is 24.7 Å². The summed E-state index contributed by atoms with van der Waals surface area (Å²) in [6.07, 6.45) is 7.95. The van der Waals surface area contributed by atoms with Crippen molar-refractivity contribution in [1.29, 1.82) is 0 Å². The summed E-state index contributed by atoms with van der Waals surface area (Å²) in [4.78, 5) is 4.69. The normalized spacial score (nSPS) is 16.5. The van der Waals surface area contributed by atoms with Crippen LogP contribution in [0, 0.1) is 0 Å². The average Bonchev–Trinajstić information content (AvgIpc) is 3.30. The summed E-state index contributed by atoms with van der Waals surface area (Å²) < 4.78 is 8.00. The van der Waals surface area contributed by atoms with Gasteiger partial charge >= 0.3 is 0 Å². The molecule has 0 bridgehead atoms. The fourth-order valence-electron chi connectivity index (χ4n) is 5.20. The minimum Gasteiger partial charge on any atom is -0.496 e. The number of methoxy groups -OCH3 is 1. The van der Waals surface area contributed by atoms with Gasteiger partial charge in [-0.25, -0.2) is 4.98 Å². The molecule has 0 saturated heterocycles. The van der Waals surface area contributed by atoms with Crippen LogP contribution in [-0.2, 0) is 5.41 Å². The van der Waals surface area contributed by atoms with E-state index in [9.17, 15) is 0 Å². The van der Waals surface area contributed by atoms with E-state index in [2.05, 4.69) is 65.2 Å². The van der Waals surface area contributed by atoms with Crippen molar-refractivity contribution in [3.63, 3.8) is 0 Å². The molecule has 1 saturated carbocycles. The van der Waals surface area contributed by atoms with E-state index in [-0.39, 0.29) is 5.41 Å². The maximum atomic E-state index is 5.70. The van der Waals surface area contributed by atoms with Gasteiger partial charge < -0.3 is 4.74 Å². The Morgan fingerprint density at radius 1 is 0.966 bits per heavy atom. The molecule has 0 unspecified atom stereocenters. The molecule has 0 aliphatic heterocycles. The van der Waals surface area contributed by atoms with Gasteiger partial charge in [-0.15, -0.1) is 0 Å². The fraction of sp³-hybridized carbons (Fsp3) is 0.192. The Morgan fingerprint density at radius 2 is 1.83 bits per heavy atom. The Bertz CT molecular complexity index is 1260. The lowest BCUT2D eigenvalue weighted by atomic mass is 9.61. The van der Waals surface area contributed by atoms with Gasteiger partial charge in [0.25, 0.3) is 0 Å². The molecule has 1 spiro atoms. The Balaban J connectivity index is 1.67. The first-order chi connectivity index (χ1) is 14.3. The van der Waals surface area contributed by atoms with Crippen LogP contribution < -0.4 is 4.74 Å². The first-order valence-corrected chi connectivity index (χ1v) is 10.2. The maximum Gasteiger partial charge on any atom is 0.137 e. The molecule has 29 heavy (non-hydrogen) atoms. The van der Waals surface area contributed by atoms with Crippen molar-refractivity contribution >= 4 is 22.6 Å². The number of hydrogen-bond acceptors (Lipinski definition) is 2. The maximum absolute atomic E-state index is 5.70. The summed E-state index contributed by atoms with van der Waals surface area (Å²) >= 11 is 0. The molecule has 1 fully saturated rings. The predicted octanol–water partition coefficient (Wildman–Crippen LogP) is 6.01. The Kier molecular flexibility index (Phi) is 3.48. The largest absolute Gasteiger partial charge is 0.496 e. The van der Waals surface area contributed by atoms with Crippen LogP contribution in [0.2, 0.25) is 0 Å². The third-order valence-corrected chi connectivity index (χ3v) is 6.68. The molecule has 0 atom stereocenters. The minimum absolute atomic E-state index is 0.130. The van der Waals surface area contributed by atoms with Gasteiger partial charge in [-0.05, 0) is 65.9 Å². The van der Waals surface area contributed by atoms with Crippen LogP contribution in [0.1, 0.15) is 36.1 Å².